The fraction of sp³-hybridized carbons (Fsp3) is 0.938. The molecule has 2 rings (SSSR count). The molecule has 2 atom stereocenters. The summed E-state index contributed by atoms with van der Waals surface area (Å²) in [6.45, 7) is 8.75. The Kier molecular flexibility index (Phi) is 4.88. The van der Waals surface area contributed by atoms with Crippen molar-refractivity contribution in [2.75, 3.05) is 13.1 Å². The number of hydrogen-bond acceptors (Lipinski definition) is 2. The van der Waals surface area contributed by atoms with E-state index in [1.54, 1.807) is 0 Å². The van der Waals surface area contributed by atoms with Gasteiger partial charge in [-0.3, -0.25) is 4.79 Å². The average Bonchev–Trinajstić information content (AvgIpc) is 2.81. The van der Waals surface area contributed by atoms with Crippen LogP contribution in [0.5, 0.6) is 0 Å². The van der Waals surface area contributed by atoms with E-state index in [0.717, 1.165) is 32.4 Å². The lowest BCUT2D eigenvalue weighted by atomic mass is 9.77. The van der Waals surface area contributed by atoms with Gasteiger partial charge in [-0.25, -0.2) is 0 Å². The first kappa shape index (κ1) is 14.8. The smallest absolute Gasteiger partial charge is 0.226 e. The van der Waals surface area contributed by atoms with Gasteiger partial charge >= 0.3 is 0 Å². The molecule has 110 valence electrons. The number of amides is 1. The van der Waals surface area contributed by atoms with Gasteiger partial charge in [0.2, 0.25) is 5.91 Å². The molecule has 1 heterocycles. The molecule has 0 spiro atoms. The second-order valence-electron chi connectivity index (χ2n) is 7.14. The van der Waals surface area contributed by atoms with Crippen molar-refractivity contribution >= 4 is 5.91 Å². The summed E-state index contributed by atoms with van der Waals surface area (Å²) < 4.78 is 0. The monoisotopic (exact) mass is 266 g/mol. The van der Waals surface area contributed by atoms with Crippen LogP contribution in [-0.2, 0) is 4.79 Å². The summed E-state index contributed by atoms with van der Waals surface area (Å²) in [4.78, 5) is 12.8. The zero-order chi connectivity index (χ0) is 13.9. The molecule has 1 amide bonds. The maximum atomic E-state index is 12.8. The van der Waals surface area contributed by atoms with Gasteiger partial charge < -0.3 is 10.6 Å². The number of piperidine rings is 1. The summed E-state index contributed by atoms with van der Waals surface area (Å²) >= 11 is 0. The Morgan fingerprint density at radius 1 is 1.37 bits per heavy atom. The Morgan fingerprint density at radius 3 is 2.63 bits per heavy atom. The first-order chi connectivity index (χ1) is 9.03. The molecule has 2 aliphatic rings. The molecule has 1 saturated carbocycles. The Labute approximate surface area is 117 Å². The van der Waals surface area contributed by atoms with Crippen molar-refractivity contribution in [3.05, 3.63) is 0 Å². The van der Waals surface area contributed by atoms with E-state index >= 15 is 0 Å². The fourth-order valence-corrected chi connectivity index (χ4v) is 3.86. The summed E-state index contributed by atoms with van der Waals surface area (Å²) in [6.07, 6.45) is 6.84. The van der Waals surface area contributed by atoms with Crippen molar-refractivity contribution < 1.29 is 4.79 Å². The molecular weight excluding hydrogens is 236 g/mol. The highest BCUT2D eigenvalue weighted by Gasteiger charge is 2.42. The second-order valence-corrected chi connectivity index (χ2v) is 7.14. The molecule has 3 heteroatoms. The molecule has 2 unspecified atom stereocenters. The summed E-state index contributed by atoms with van der Waals surface area (Å²) in [7, 11) is 0. The lowest BCUT2D eigenvalue weighted by Crippen LogP contribution is -2.53. The minimum Gasteiger partial charge on any atom is -0.351 e. The van der Waals surface area contributed by atoms with Crippen molar-refractivity contribution in [3.63, 3.8) is 0 Å². The normalized spacial score (nSPS) is 30.5. The third kappa shape index (κ3) is 3.50. The highest BCUT2D eigenvalue weighted by molar-refractivity contribution is 5.83. The summed E-state index contributed by atoms with van der Waals surface area (Å²) in [5, 5.41) is 6.76. The summed E-state index contributed by atoms with van der Waals surface area (Å²) in [6, 6.07) is 0.325. The molecule has 2 fully saturated rings. The van der Waals surface area contributed by atoms with Gasteiger partial charge in [-0.1, -0.05) is 33.6 Å². The van der Waals surface area contributed by atoms with Gasteiger partial charge in [0.25, 0.3) is 0 Å². The van der Waals surface area contributed by atoms with E-state index in [-0.39, 0.29) is 5.41 Å². The molecule has 1 aliphatic heterocycles. The number of carbonyl (C=O) groups excluding carboxylic acids is 1. The Bertz CT molecular complexity index is 308. The zero-order valence-corrected chi connectivity index (χ0v) is 12.8. The van der Waals surface area contributed by atoms with Crippen LogP contribution in [0, 0.1) is 17.3 Å². The number of rotatable bonds is 4. The number of hydrogen-bond donors (Lipinski definition) is 2. The second kappa shape index (κ2) is 6.25. The van der Waals surface area contributed by atoms with Gasteiger partial charge in [0.15, 0.2) is 0 Å². The maximum absolute atomic E-state index is 12.8. The van der Waals surface area contributed by atoms with E-state index in [4.69, 9.17) is 0 Å². The standard InChI is InChI=1S/C16H30N2O/c1-12(2)10-16(7-4-5-8-16)15(19)18-14-11-17-9-6-13(14)3/h12-14,17H,4-11H2,1-3H3,(H,18,19). The molecule has 0 radical (unpaired) electrons. The summed E-state index contributed by atoms with van der Waals surface area (Å²) in [5.74, 6) is 1.53. The van der Waals surface area contributed by atoms with E-state index in [1.165, 1.54) is 19.3 Å². The van der Waals surface area contributed by atoms with Crippen molar-refractivity contribution in [2.45, 2.75) is 65.3 Å². The third-order valence-electron chi connectivity index (χ3n) is 4.99. The minimum atomic E-state index is -0.0642. The molecule has 1 saturated heterocycles. The number of carbonyl (C=O) groups is 1. The van der Waals surface area contributed by atoms with Crippen LogP contribution in [0.1, 0.15) is 59.3 Å². The molecule has 1 aliphatic carbocycles. The van der Waals surface area contributed by atoms with Crippen LogP contribution in [0.3, 0.4) is 0 Å². The van der Waals surface area contributed by atoms with Gasteiger partial charge in [0.05, 0.1) is 0 Å². The van der Waals surface area contributed by atoms with Crippen LogP contribution in [0.15, 0.2) is 0 Å². The molecule has 2 N–H and O–H groups in total. The Hall–Kier alpha value is -0.570. The Morgan fingerprint density at radius 2 is 2.05 bits per heavy atom. The van der Waals surface area contributed by atoms with Crippen molar-refractivity contribution in [1.82, 2.24) is 10.6 Å². The molecule has 0 aromatic heterocycles. The van der Waals surface area contributed by atoms with Crippen LogP contribution in [0.25, 0.3) is 0 Å². The van der Waals surface area contributed by atoms with Gasteiger partial charge in [0.1, 0.15) is 0 Å². The van der Waals surface area contributed by atoms with E-state index < -0.39 is 0 Å². The molecule has 3 nitrogen and oxygen atoms in total. The van der Waals surface area contributed by atoms with Crippen molar-refractivity contribution in [2.24, 2.45) is 17.3 Å². The quantitative estimate of drug-likeness (QED) is 0.821. The lowest BCUT2D eigenvalue weighted by Gasteiger charge is -2.35. The van der Waals surface area contributed by atoms with E-state index in [2.05, 4.69) is 31.4 Å². The van der Waals surface area contributed by atoms with E-state index in [1.807, 2.05) is 0 Å². The maximum Gasteiger partial charge on any atom is 0.226 e. The van der Waals surface area contributed by atoms with Gasteiger partial charge in [-0.15, -0.1) is 0 Å². The number of nitrogens with one attached hydrogen (secondary N) is 2. The van der Waals surface area contributed by atoms with Gasteiger partial charge in [-0.05, 0) is 44.1 Å². The van der Waals surface area contributed by atoms with Crippen LogP contribution in [-0.4, -0.2) is 25.0 Å². The zero-order valence-electron chi connectivity index (χ0n) is 12.8. The van der Waals surface area contributed by atoms with Crippen LogP contribution < -0.4 is 10.6 Å². The molecule has 0 aromatic rings. The lowest BCUT2D eigenvalue weighted by molar-refractivity contribution is -0.133. The van der Waals surface area contributed by atoms with Crippen molar-refractivity contribution in [3.8, 4) is 0 Å². The first-order valence-corrected chi connectivity index (χ1v) is 8.05. The first-order valence-electron chi connectivity index (χ1n) is 8.05. The fourth-order valence-electron chi connectivity index (χ4n) is 3.86. The molecule has 0 bridgehead atoms. The van der Waals surface area contributed by atoms with E-state index in [9.17, 15) is 4.79 Å². The molecular formula is C16H30N2O. The molecule has 19 heavy (non-hydrogen) atoms. The van der Waals surface area contributed by atoms with Crippen LogP contribution in [0.2, 0.25) is 0 Å². The predicted molar refractivity (Wildman–Crippen MR) is 78.9 cm³/mol. The topological polar surface area (TPSA) is 41.1 Å². The van der Waals surface area contributed by atoms with Crippen LogP contribution >= 0.6 is 0 Å². The highest BCUT2D eigenvalue weighted by Crippen LogP contribution is 2.43. The predicted octanol–water partition coefficient (Wildman–Crippen LogP) is 2.71. The van der Waals surface area contributed by atoms with Gasteiger partial charge in [-0.2, -0.15) is 0 Å². The largest absolute Gasteiger partial charge is 0.351 e. The third-order valence-corrected chi connectivity index (χ3v) is 4.99. The Balaban J connectivity index is 1.99. The van der Waals surface area contributed by atoms with Gasteiger partial charge in [0, 0.05) is 18.0 Å². The SMILES string of the molecule is CC(C)CC1(C(=O)NC2CNCCC2C)CCCC1. The van der Waals surface area contributed by atoms with Crippen LogP contribution in [0.4, 0.5) is 0 Å². The van der Waals surface area contributed by atoms with Crippen molar-refractivity contribution in [1.29, 1.82) is 0 Å². The van der Waals surface area contributed by atoms with E-state index in [0.29, 0.717) is 23.8 Å². The molecule has 0 aromatic carbocycles. The average molecular weight is 266 g/mol. The minimum absolute atomic E-state index is 0.0642. The summed E-state index contributed by atoms with van der Waals surface area (Å²) in [5.41, 5.74) is -0.0642. The highest BCUT2D eigenvalue weighted by atomic mass is 16.2.